The van der Waals surface area contributed by atoms with E-state index < -0.39 is 5.63 Å². The summed E-state index contributed by atoms with van der Waals surface area (Å²) in [7, 11) is 0. The van der Waals surface area contributed by atoms with Gasteiger partial charge in [-0.15, -0.1) is 10.2 Å². The molecule has 0 bridgehead atoms. The number of thioether (sulfide) groups is 1. The molecule has 3 aromatic heterocycles. The molecular weight excluding hydrogens is 460 g/mol. The number of hydrogen-bond acceptors (Lipinski definition) is 7. The molecule has 0 fully saturated rings. The van der Waals surface area contributed by atoms with E-state index in [-0.39, 0.29) is 5.75 Å². The van der Waals surface area contributed by atoms with Gasteiger partial charge in [-0.3, -0.25) is 9.55 Å². The average Bonchev–Trinajstić information content (AvgIpc) is 3.25. The Morgan fingerprint density at radius 3 is 2.58 bits per heavy atom. The van der Waals surface area contributed by atoms with Crippen LogP contribution in [0.2, 0.25) is 5.02 Å². The second-order valence-electron chi connectivity index (χ2n) is 7.32. The van der Waals surface area contributed by atoms with Gasteiger partial charge in [0.15, 0.2) is 11.0 Å². The van der Waals surface area contributed by atoms with Crippen molar-refractivity contribution in [1.82, 2.24) is 19.7 Å². The van der Waals surface area contributed by atoms with Crippen molar-refractivity contribution < 1.29 is 9.52 Å². The fourth-order valence-electron chi connectivity index (χ4n) is 3.55. The largest absolute Gasteiger partial charge is 0.508 e. The zero-order chi connectivity index (χ0) is 22.9. The summed E-state index contributed by atoms with van der Waals surface area (Å²) < 4.78 is 7.30. The molecule has 0 aliphatic carbocycles. The van der Waals surface area contributed by atoms with Crippen LogP contribution in [0.4, 0.5) is 0 Å². The van der Waals surface area contributed by atoms with Gasteiger partial charge in [0.1, 0.15) is 11.3 Å². The van der Waals surface area contributed by atoms with E-state index in [0.717, 1.165) is 22.2 Å². The molecule has 33 heavy (non-hydrogen) atoms. The Morgan fingerprint density at radius 2 is 1.82 bits per heavy atom. The summed E-state index contributed by atoms with van der Waals surface area (Å²) >= 11 is 7.54. The molecule has 0 unspecified atom stereocenters. The normalized spacial score (nSPS) is 11.2. The molecule has 0 spiro atoms. The molecule has 0 saturated heterocycles. The number of aryl methyl sites for hydroxylation is 1. The standard InChI is InChI=1S/C24H17ClN4O3S/c1-14-20(30)7-6-19-16(12-21(31)32-22(14)19)13-33-24-28-27-23(15-8-10-26-11-9-15)29(24)18-4-2-17(25)3-5-18/h2-12,30H,13H2,1H3. The Hall–Kier alpha value is -3.62. The summed E-state index contributed by atoms with van der Waals surface area (Å²) in [5.41, 5.74) is 2.96. The summed E-state index contributed by atoms with van der Waals surface area (Å²) in [6.45, 7) is 1.72. The lowest BCUT2D eigenvalue weighted by molar-refractivity contribution is 0.468. The van der Waals surface area contributed by atoms with Crippen molar-refractivity contribution in [2.24, 2.45) is 0 Å². The van der Waals surface area contributed by atoms with E-state index in [1.807, 2.05) is 41.0 Å². The van der Waals surface area contributed by atoms with Crippen LogP contribution in [0.1, 0.15) is 11.1 Å². The van der Waals surface area contributed by atoms with E-state index in [2.05, 4.69) is 15.2 Å². The van der Waals surface area contributed by atoms with E-state index >= 15 is 0 Å². The van der Waals surface area contributed by atoms with Crippen LogP contribution < -0.4 is 5.63 Å². The highest BCUT2D eigenvalue weighted by Gasteiger charge is 2.18. The third kappa shape index (κ3) is 4.10. The Bertz CT molecular complexity index is 1520. The molecule has 1 N–H and O–H groups in total. The third-order valence-electron chi connectivity index (χ3n) is 5.23. The molecular formula is C24H17ClN4O3S. The smallest absolute Gasteiger partial charge is 0.336 e. The minimum atomic E-state index is -0.469. The van der Waals surface area contributed by atoms with Gasteiger partial charge in [-0.05, 0) is 61.0 Å². The van der Waals surface area contributed by atoms with Gasteiger partial charge in [0.05, 0.1) is 0 Å². The summed E-state index contributed by atoms with van der Waals surface area (Å²) in [5, 5.41) is 20.9. The highest BCUT2D eigenvalue weighted by Crippen LogP contribution is 2.33. The third-order valence-corrected chi connectivity index (χ3v) is 6.46. The number of fused-ring (bicyclic) bond motifs is 1. The summed E-state index contributed by atoms with van der Waals surface area (Å²) in [4.78, 5) is 16.3. The van der Waals surface area contributed by atoms with Crippen LogP contribution >= 0.6 is 23.4 Å². The number of nitrogens with zero attached hydrogens (tertiary/aromatic N) is 4. The maximum Gasteiger partial charge on any atom is 0.336 e. The molecule has 3 heterocycles. The highest BCUT2D eigenvalue weighted by molar-refractivity contribution is 7.98. The van der Waals surface area contributed by atoms with E-state index in [1.54, 1.807) is 31.5 Å². The monoisotopic (exact) mass is 476 g/mol. The molecule has 0 aliphatic rings. The number of pyridine rings is 1. The van der Waals surface area contributed by atoms with Crippen LogP contribution in [0.3, 0.4) is 0 Å². The topological polar surface area (TPSA) is 94.0 Å². The van der Waals surface area contributed by atoms with Gasteiger partial charge in [-0.2, -0.15) is 0 Å². The van der Waals surface area contributed by atoms with Gasteiger partial charge in [0.25, 0.3) is 0 Å². The molecule has 0 amide bonds. The lowest BCUT2D eigenvalue weighted by atomic mass is 10.1. The van der Waals surface area contributed by atoms with Gasteiger partial charge in [-0.25, -0.2) is 4.79 Å². The maximum atomic E-state index is 12.2. The first-order valence-corrected chi connectivity index (χ1v) is 11.4. The quantitative estimate of drug-likeness (QED) is 0.268. The SMILES string of the molecule is Cc1c(O)ccc2c(CSc3nnc(-c4ccncc4)n3-c3ccc(Cl)cc3)cc(=O)oc12. The maximum absolute atomic E-state index is 12.2. The minimum absolute atomic E-state index is 0.0833. The lowest BCUT2D eigenvalue weighted by Gasteiger charge is -2.11. The number of phenols is 1. The number of benzene rings is 2. The van der Waals surface area contributed by atoms with Crippen LogP contribution in [0.5, 0.6) is 5.75 Å². The molecule has 7 nitrogen and oxygen atoms in total. The Morgan fingerprint density at radius 1 is 1.06 bits per heavy atom. The van der Waals surface area contributed by atoms with E-state index in [1.165, 1.54) is 17.8 Å². The van der Waals surface area contributed by atoms with Gasteiger partial charge < -0.3 is 9.52 Å². The van der Waals surface area contributed by atoms with Crippen molar-refractivity contribution in [2.75, 3.05) is 0 Å². The molecule has 0 aliphatic heterocycles. The van der Waals surface area contributed by atoms with Gasteiger partial charge >= 0.3 is 5.63 Å². The van der Waals surface area contributed by atoms with Crippen LogP contribution in [0.25, 0.3) is 28.0 Å². The van der Waals surface area contributed by atoms with E-state index in [4.69, 9.17) is 16.0 Å². The van der Waals surface area contributed by atoms with Gasteiger partial charge in [0, 0.05) is 51.4 Å². The minimum Gasteiger partial charge on any atom is -0.508 e. The second-order valence-corrected chi connectivity index (χ2v) is 8.70. The highest BCUT2D eigenvalue weighted by atomic mass is 35.5. The molecule has 0 saturated carbocycles. The molecule has 0 radical (unpaired) electrons. The van der Waals surface area contributed by atoms with Crippen LogP contribution in [0, 0.1) is 6.92 Å². The molecule has 9 heteroatoms. The van der Waals surface area contributed by atoms with Gasteiger partial charge in [0.2, 0.25) is 0 Å². The number of halogens is 1. The average molecular weight is 477 g/mol. The number of hydrogen-bond donors (Lipinski definition) is 1. The van der Waals surface area contributed by atoms with Crippen LogP contribution in [-0.4, -0.2) is 24.9 Å². The summed E-state index contributed by atoms with van der Waals surface area (Å²) in [6.07, 6.45) is 3.41. The first kappa shape index (κ1) is 21.2. The lowest BCUT2D eigenvalue weighted by Crippen LogP contribution is -2.02. The zero-order valence-electron chi connectivity index (χ0n) is 17.4. The van der Waals surface area contributed by atoms with Gasteiger partial charge in [-0.1, -0.05) is 23.4 Å². The number of phenolic OH excluding ortho intramolecular Hbond substituents is 1. The molecule has 5 rings (SSSR count). The fraction of sp³-hybridized carbons (Fsp3) is 0.0833. The number of aromatic hydroxyl groups is 1. The van der Waals surface area contributed by atoms with E-state index in [0.29, 0.717) is 32.9 Å². The van der Waals surface area contributed by atoms with Crippen molar-refractivity contribution in [3.05, 3.63) is 93.6 Å². The predicted molar refractivity (Wildman–Crippen MR) is 128 cm³/mol. The van der Waals surface area contributed by atoms with Crippen molar-refractivity contribution in [2.45, 2.75) is 17.8 Å². The molecule has 0 atom stereocenters. The first-order valence-electron chi connectivity index (χ1n) is 10.0. The van der Waals surface area contributed by atoms with Crippen molar-refractivity contribution in [3.63, 3.8) is 0 Å². The molecule has 164 valence electrons. The predicted octanol–water partition coefficient (Wildman–Crippen LogP) is 5.40. The zero-order valence-corrected chi connectivity index (χ0v) is 19.0. The molecule has 2 aromatic carbocycles. The van der Waals surface area contributed by atoms with Crippen LogP contribution in [0.15, 0.2) is 81.4 Å². The Kier molecular flexibility index (Phi) is 5.62. The Balaban J connectivity index is 1.57. The summed E-state index contributed by atoms with van der Waals surface area (Å²) in [5.74, 6) is 1.20. The summed E-state index contributed by atoms with van der Waals surface area (Å²) in [6, 6.07) is 16.0. The molecule has 5 aromatic rings. The number of rotatable bonds is 5. The fourth-order valence-corrected chi connectivity index (χ4v) is 4.62. The first-order chi connectivity index (χ1) is 16.0. The van der Waals surface area contributed by atoms with Crippen LogP contribution in [-0.2, 0) is 5.75 Å². The van der Waals surface area contributed by atoms with Crippen molar-refractivity contribution >= 4 is 34.3 Å². The number of aromatic nitrogens is 4. The Labute approximate surface area is 197 Å². The van der Waals surface area contributed by atoms with Crippen molar-refractivity contribution in [3.8, 4) is 22.8 Å². The van der Waals surface area contributed by atoms with E-state index in [9.17, 15) is 9.90 Å². The second kappa shape index (κ2) is 8.73. The van der Waals surface area contributed by atoms with Crippen molar-refractivity contribution in [1.29, 1.82) is 0 Å².